The summed E-state index contributed by atoms with van der Waals surface area (Å²) in [4.78, 5) is 27.8. The van der Waals surface area contributed by atoms with Crippen molar-refractivity contribution in [2.24, 2.45) is 0 Å². The molecule has 0 saturated carbocycles. The number of piperazine rings is 1. The third-order valence-corrected chi connectivity index (χ3v) is 3.78. The van der Waals surface area contributed by atoms with Crippen LogP contribution in [0.3, 0.4) is 0 Å². The number of nitrogens with two attached hydrogens (primary N) is 1. The van der Waals surface area contributed by atoms with Gasteiger partial charge in [0.05, 0.1) is 5.52 Å². The smallest absolute Gasteiger partial charge is 0.248 e. The topological polar surface area (TPSA) is 108 Å². The van der Waals surface area contributed by atoms with Crippen molar-refractivity contribution < 1.29 is 9.90 Å². The van der Waals surface area contributed by atoms with E-state index in [1.165, 1.54) is 0 Å². The van der Waals surface area contributed by atoms with E-state index >= 15 is 0 Å². The summed E-state index contributed by atoms with van der Waals surface area (Å²) >= 11 is 5.96. The highest BCUT2D eigenvalue weighted by Gasteiger charge is 2.23. The van der Waals surface area contributed by atoms with E-state index in [4.69, 9.17) is 22.4 Å². The monoisotopic (exact) mass is 322 g/mol. The lowest BCUT2D eigenvalue weighted by Crippen LogP contribution is -2.49. The van der Waals surface area contributed by atoms with Crippen molar-refractivity contribution in [3.8, 4) is 0 Å². The van der Waals surface area contributed by atoms with E-state index in [1.807, 2.05) is 4.90 Å². The zero-order valence-electron chi connectivity index (χ0n) is 11.7. The molecule has 116 valence electrons. The number of halogens is 1. The van der Waals surface area contributed by atoms with Crippen LogP contribution in [0.5, 0.6) is 0 Å². The van der Waals surface area contributed by atoms with Gasteiger partial charge in [-0.25, -0.2) is 9.97 Å². The molecule has 1 amide bonds. The van der Waals surface area contributed by atoms with Gasteiger partial charge in [0, 0.05) is 26.2 Å². The number of fused-ring (bicyclic) bond motifs is 1. The maximum absolute atomic E-state index is 11.5. The molecule has 2 aromatic heterocycles. The zero-order chi connectivity index (χ0) is 15.7. The minimum absolute atomic E-state index is 0.167. The number of amides is 1. The van der Waals surface area contributed by atoms with Crippen LogP contribution in [0, 0.1) is 0 Å². The van der Waals surface area contributed by atoms with Crippen molar-refractivity contribution in [3.63, 3.8) is 0 Å². The molecular formula is C13H15ClN6O2. The van der Waals surface area contributed by atoms with Gasteiger partial charge < -0.3 is 20.6 Å². The van der Waals surface area contributed by atoms with Crippen molar-refractivity contribution in [3.05, 3.63) is 17.3 Å². The van der Waals surface area contributed by atoms with Gasteiger partial charge in [-0.15, -0.1) is 0 Å². The average Bonchev–Trinajstić information content (AvgIpc) is 2.54. The van der Waals surface area contributed by atoms with Crippen molar-refractivity contribution in [1.82, 2.24) is 19.9 Å². The number of aliphatic hydroxyl groups excluding tert-OH is 1. The molecule has 9 heteroatoms. The minimum Gasteiger partial charge on any atom is -0.387 e. The molecule has 22 heavy (non-hydrogen) atoms. The summed E-state index contributed by atoms with van der Waals surface area (Å²) in [6.45, 7) is 1.69. The van der Waals surface area contributed by atoms with Gasteiger partial charge in [-0.1, -0.05) is 11.6 Å². The Morgan fingerprint density at radius 1 is 1.23 bits per heavy atom. The molecule has 1 fully saturated rings. The number of anilines is 2. The van der Waals surface area contributed by atoms with E-state index < -0.39 is 6.61 Å². The molecule has 0 aromatic carbocycles. The Bertz CT molecular complexity index is 717. The second kappa shape index (κ2) is 5.90. The van der Waals surface area contributed by atoms with Crippen LogP contribution < -0.4 is 10.6 Å². The number of aliphatic hydroxyl groups is 1. The summed E-state index contributed by atoms with van der Waals surface area (Å²) in [6.07, 6.45) is 0. The highest BCUT2D eigenvalue weighted by atomic mass is 35.5. The Kier molecular flexibility index (Phi) is 3.95. The van der Waals surface area contributed by atoms with E-state index in [2.05, 4.69) is 15.0 Å². The lowest BCUT2D eigenvalue weighted by Gasteiger charge is -2.35. The fraction of sp³-hybridized carbons (Fsp3) is 0.385. The van der Waals surface area contributed by atoms with Crippen LogP contribution >= 0.6 is 11.6 Å². The summed E-state index contributed by atoms with van der Waals surface area (Å²) in [7, 11) is 0. The van der Waals surface area contributed by atoms with Crippen LogP contribution in [0.1, 0.15) is 0 Å². The number of nitrogen functional groups attached to an aromatic ring is 1. The predicted molar refractivity (Wildman–Crippen MR) is 82.6 cm³/mol. The summed E-state index contributed by atoms with van der Waals surface area (Å²) in [5.74, 6) is 0.509. The second-order valence-electron chi connectivity index (χ2n) is 4.93. The molecule has 1 aliphatic rings. The first-order chi connectivity index (χ1) is 10.6. The minimum atomic E-state index is -0.472. The number of carbonyl (C=O) groups is 1. The fourth-order valence-electron chi connectivity index (χ4n) is 2.48. The second-order valence-corrected chi connectivity index (χ2v) is 5.32. The molecule has 0 unspecified atom stereocenters. The van der Waals surface area contributed by atoms with E-state index in [1.54, 1.807) is 17.0 Å². The summed E-state index contributed by atoms with van der Waals surface area (Å²) in [5.41, 5.74) is 6.97. The van der Waals surface area contributed by atoms with Crippen molar-refractivity contribution >= 4 is 40.3 Å². The Labute approximate surface area is 131 Å². The van der Waals surface area contributed by atoms with Gasteiger partial charge in [-0.2, -0.15) is 4.98 Å². The van der Waals surface area contributed by atoms with Gasteiger partial charge in [0.25, 0.3) is 0 Å². The summed E-state index contributed by atoms with van der Waals surface area (Å²) in [5, 5.41) is 9.27. The van der Waals surface area contributed by atoms with Gasteiger partial charge >= 0.3 is 0 Å². The lowest BCUT2D eigenvalue weighted by atomic mass is 10.2. The van der Waals surface area contributed by atoms with Crippen LogP contribution in [0.4, 0.5) is 11.8 Å². The Balaban J connectivity index is 1.91. The SMILES string of the molecule is Nc1nc(N2CCN(C(=O)CO)CC2)c2nc(Cl)ccc2n1. The first-order valence-electron chi connectivity index (χ1n) is 6.82. The molecule has 1 saturated heterocycles. The van der Waals surface area contributed by atoms with Gasteiger partial charge in [-0.05, 0) is 12.1 Å². The number of aromatic nitrogens is 3. The number of carbonyl (C=O) groups excluding carboxylic acids is 1. The number of nitrogens with zero attached hydrogens (tertiary/aromatic N) is 5. The molecule has 3 N–H and O–H groups in total. The largest absolute Gasteiger partial charge is 0.387 e. The van der Waals surface area contributed by atoms with Gasteiger partial charge in [0.2, 0.25) is 11.9 Å². The maximum atomic E-state index is 11.5. The average molecular weight is 323 g/mol. The third-order valence-electron chi connectivity index (χ3n) is 3.57. The summed E-state index contributed by atoms with van der Waals surface area (Å²) in [6, 6.07) is 3.40. The number of hydrogen-bond donors (Lipinski definition) is 2. The quantitative estimate of drug-likeness (QED) is 0.743. The Hall–Kier alpha value is -2.19. The molecule has 0 atom stereocenters. The molecule has 3 rings (SSSR count). The fourth-order valence-corrected chi connectivity index (χ4v) is 2.63. The van der Waals surface area contributed by atoms with Crippen molar-refractivity contribution in [2.45, 2.75) is 0 Å². The molecule has 1 aliphatic heterocycles. The highest BCUT2D eigenvalue weighted by Crippen LogP contribution is 2.25. The standard InChI is InChI=1S/C13H15ClN6O2/c14-9-2-1-8-11(17-9)12(18-13(15)16-8)20-5-3-19(4-6-20)10(22)7-21/h1-2,21H,3-7H2,(H2,15,16,18). The van der Waals surface area contributed by atoms with Crippen LogP contribution in [-0.4, -0.2) is 63.7 Å². The predicted octanol–water partition coefficient (Wildman–Crippen LogP) is -0.0987. The van der Waals surface area contributed by atoms with Crippen LogP contribution in [0.25, 0.3) is 11.0 Å². The lowest BCUT2D eigenvalue weighted by molar-refractivity contribution is -0.134. The first kappa shape index (κ1) is 14.7. The van der Waals surface area contributed by atoms with Crippen LogP contribution in [-0.2, 0) is 4.79 Å². The molecule has 2 aromatic rings. The highest BCUT2D eigenvalue weighted by molar-refractivity contribution is 6.29. The van der Waals surface area contributed by atoms with Gasteiger partial charge in [0.1, 0.15) is 17.3 Å². The van der Waals surface area contributed by atoms with Crippen molar-refractivity contribution in [2.75, 3.05) is 43.4 Å². The van der Waals surface area contributed by atoms with Crippen LogP contribution in [0.2, 0.25) is 5.15 Å². The van der Waals surface area contributed by atoms with E-state index in [0.29, 0.717) is 48.2 Å². The Morgan fingerprint density at radius 3 is 2.64 bits per heavy atom. The van der Waals surface area contributed by atoms with Crippen LogP contribution in [0.15, 0.2) is 12.1 Å². The first-order valence-corrected chi connectivity index (χ1v) is 7.19. The maximum Gasteiger partial charge on any atom is 0.248 e. The third kappa shape index (κ3) is 2.75. The van der Waals surface area contributed by atoms with Gasteiger partial charge in [0.15, 0.2) is 5.82 Å². The number of rotatable bonds is 2. The normalized spacial score (nSPS) is 15.4. The molecule has 0 radical (unpaired) electrons. The van der Waals surface area contributed by atoms with E-state index in [0.717, 1.165) is 0 Å². The molecule has 8 nitrogen and oxygen atoms in total. The number of hydrogen-bond acceptors (Lipinski definition) is 7. The Morgan fingerprint density at radius 2 is 1.95 bits per heavy atom. The summed E-state index contributed by atoms with van der Waals surface area (Å²) < 4.78 is 0. The molecule has 0 bridgehead atoms. The molecule has 0 aliphatic carbocycles. The molecule has 0 spiro atoms. The van der Waals surface area contributed by atoms with E-state index in [-0.39, 0.29) is 11.9 Å². The molecule has 3 heterocycles. The zero-order valence-corrected chi connectivity index (χ0v) is 12.5. The molecular weight excluding hydrogens is 308 g/mol. The van der Waals surface area contributed by atoms with E-state index in [9.17, 15) is 4.79 Å². The number of pyridine rings is 1. The van der Waals surface area contributed by atoms with Gasteiger partial charge in [-0.3, -0.25) is 4.79 Å². The van der Waals surface area contributed by atoms with Crippen molar-refractivity contribution in [1.29, 1.82) is 0 Å².